The number of benzene rings is 3. The quantitative estimate of drug-likeness (QED) is 0.417. The maximum absolute atomic E-state index is 13.5. The monoisotopic (exact) mass is 368 g/mol. The van der Waals surface area contributed by atoms with E-state index in [-0.39, 0.29) is 0 Å². The molecule has 1 aliphatic carbocycles. The Hall–Kier alpha value is -2.29. The van der Waals surface area contributed by atoms with Crippen molar-refractivity contribution in [3.8, 4) is 11.1 Å². The van der Waals surface area contributed by atoms with Crippen molar-refractivity contribution in [2.45, 2.75) is 44.9 Å². The zero-order chi connectivity index (χ0) is 19.0. The van der Waals surface area contributed by atoms with E-state index in [2.05, 4.69) is 25.1 Å². The molecule has 0 radical (unpaired) electrons. The van der Waals surface area contributed by atoms with Gasteiger partial charge < -0.3 is 0 Å². The number of fused-ring (bicyclic) bond motifs is 1. The van der Waals surface area contributed by atoms with E-state index in [1.807, 2.05) is 18.2 Å². The van der Waals surface area contributed by atoms with Gasteiger partial charge in [0.05, 0.1) is 0 Å². The number of halogens is 3. The van der Waals surface area contributed by atoms with Crippen LogP contribution in [-0.4, -0.2) is 0 Å². The zero-order valence-electron chi connectivity index (χ0n) is 15.4. The predicted molar refractivity (Wildman–Crippen MR) is 104 cm³/mol. The van der Waals surface area contributed by atoms with E-state index in [9.17, 15) is 13.2 Å². The molecule has 27 heavy (non-hydrogen) atoms. The summed E-state index contributed by atoms with van der Waals surface area (Å²) in [5.74, 6) is -2.26. The summed E-state index contributed by atoms with van der Waals surface area (Å²) in [4.78, 5) is 0. The van der Waals surface area contributed by atoms with Crippen molar-refractivity contribution in [3.05, 3.63) is 71.5 Å². The van der Waals surface area contributed by atoms with Crippen LogP contribution in [0.1, 0.15) is 50.5 Å². The second-order valence-electron chi connectivity index (χ2n) is 7.70. The second-order valence-corrected chi connectivity index (χ2v) is 7.70. The van der Waals surface area contributed by atoms with Crippen LogP contribution in [0.3, 0.4) is 0 Å². The second kappa shape index (κ2) is 7.38. The van der Waals surface area contributed by atoms with Gasteiger partial charge in [-0.05, 0) is 83.2 Å². The molecule has 0 atom stereocenters. The number of hydrogen-bond donors (Lipinski definition) is 0. The molecule has 140 valence electrons. The molecule has 0 saturated heterocycles. The lowest BCUT2D eigenvalue weighted by molar-refractivity contribution is 0.319. The molecule has 0 nitrogen and oxygen atoms in total. The lowest BCUT2D eigenvalue weighted by Gasteiger charge is -2.28. The third-order valence-electron chi connectivity index (χ3n) is 6.08. The van der Waals surface area contributed by atoms with E-state index in [0.29, 0.717) is 17.0 Å². The van der Waals surface area contributed by atoms with Gasteiger partial charge in [0.15, 0.2) is 17.5 Å². The maximum Gasteiger partial charge on any atom is 0.194 e. The molecule has 0 heterocycles. The third kappa shape index (κ3) is 3.60. The highest BCUT2D eigenvalue weighted by atomic mass is 19.2. The van der Waals surface area contributed by atoms with E-state index in [1.54, 1.807) is 0 Å². The van der Waals surface area contributed by atoms with Gasteiger partial charge in [-0.2, -0.15) is 0 Å². The van der Waals surface area contributed by atoms with Crippen molar-refractivity contribution in [1.29, 1.82) is 0 Å². The van der Waals surface area contributed by atoms with Crippen LogP contribution >= 0.6 is 0 Å². The fourth-order valence-corrected chi connectivity index (χ4v) is 4.32. The largest absolute Gasteiger partial charge is 0.204 e. The Morgan fingerprint density at radius 1 is 0.741 bits per heavy atom. The molecule has 0 unspecified atom stereocenters. The summed E-state index contributed by atoms with van der Waals surface area (Å²) < 4.78 is 40.3. The Balaban J connectivity index is 1.63. The van der Waals surface area contributed by atoms with Crippen molar-refractivity contribution in [2.24, 2.45) is 5.92 Å². The highest BCUT2D eigenvalue weighted by molar-refractivity contribution is 5.88. The average Bonchev–Trinajstić information content (AvgIpc) is 2.71. The maximum atomic E-state index is 13.5. The fraction of sp³-hybridized carbons (Fsp3) is 0.333. The minimum atomic E-state index is -1.43. The first-order chi connectivity index (χ1) is 13.0. The van der Waals surface area contributed by atoms with Crippen LogP contribution < -0.4 is 0 Å². The van der Waals surface area contributed by atoms with Crippen molar-refractivity contribution >= 4 is 10.8 Å². The minimum Gasteiger partial charge on any atom is -0.204 e. The fourth-order valence-electron chi connectivity index (χ4n) is 4.32. The van der Waals surface area contributed by atoms with Gasteiger partial charge in [0.1, 0.15) is 0 Å². The van der Waals surface area contributed by atoms with Crippen LogP contribution in [0.25, 0.3) is 21.9 Å². The van der Waals surface area contributed by atoms with Gasteiger partial charge in [-0.3, -0.25) is 0 Å². The molecule has 1 aliphatic rings. The van der Waals surface area contributed by atoms with E-state index < -0.39 is 17.5 Å². The molecule has 3 heteroatoms. The highest BCUT2D eigenvalue weighted by Gasteiger charge is 2.21. The van der Waals surface area contributed by atoms with Crippen LogP contribution in [0.15, 0.2) is 48.5 Å². The first-order valence-corrected chi connectivity index (χ1v) is 9.73. The molecule has 0 N–H and O–H groups in total. The molecule has 0 spiro atoms. The van der Waals surface area contributed by atoms with Gasteiger partial charge in [0.25, 0.3) is 0 Å². The summed E-state index contributed by atoms with van der Waals surface area (Å²) in [6.07, 6.45) is 6.38. The molecule has 0 aromatic heterocycles. The Morgan fingerprint density at radius 2 is 1.37 bits per heavy atom. The van der Waals surface area contributed by atoms with Crippen LogP contribution in [0.5, 0.6) is 0 Å². The zero-order valence-corrected chi connectivity index (χ0v) is 15.4. The lowest BCUT2D eigenvalue weighted by Crippen LogP contribution is -2.12. The van der Waals surface area contributed by atoms with Gasteiger partial charge in [0, 0.05) is 0 Å². The van der Waals surface area contributed by atoms with Crippen LogP contribution in [0.2, 0.25) is 0 Å². The van der Waals surface area contributed by atoms with E-state index >= 15 is 0 Å². The minimum absolute atomic E-state index is 0.343. The topological polar surface area (TPSA) is 0 Å². The van der Waals surface area contributed by atoms with E-state index in [0.717, 1.165) is 28.8 Å². The molecule has 3 aromatic carbocycles. The smallest absolute Gasteiger partial charge is 0.194 e. The van der Waals surface area contributed by atoms with Crippen LogP contribution in [-0.2, 0) is 0 Å². The molecule has 4 rings (SSSR count). The molecular weight excluding hydrogens is 345 g/mol. The van der Waals surface area contributed by atoms with Gasteiger partial charge >= 0.3 is 0 Å². The SMILES string of the molecule is CCC1CCC(c2ccc3cc(-c4cc(F)c(F)c(F)c4)ccc3c2)CC1. The van der Waals surface area contributed by atoms with Crippen LogP contribution in [0, 0.1) is 23.4 Å². The molecular formula is C24H23F3. The Morgan fingerprint density at radius 3 is 2.04 bits per heavy atom. The normalized spacial score (nSPS) is 20.1. The van der Waals surface area contributed by atoms with Crippen molar-refractivity contribution < 1.29 is 13.2 Å². The van der Waals surface area contributed by atoms with Crippen molar-refractivity contribution in [2.75, 3.05) is 0 Å². The average molecular weight is 368 g/mol. The molecule has 1 saturated carbocycles. The molecule has 0 amide bonds. The molecule has 0 bridgehead atoms. The predicted octanol–water partition coefficient (Wildman–Crippen LogP) is 7.61. The summed E-state index contributed by atoms with van der Waals surface area (Å²) in [6.45, 7) is 2.28. The summed E-state index contributed by atoms with van der Waals surface area (Å²) >= 11 is 0. The van der Waals surface area contributed by atoms with Crippen LogP contribution in [0.4, 0.5) is 13.2 Å². The number of rotatable bonds is 3. The summed E-state index contributed by atoms with van der Waals surface area (Å²) in [5, 5.41) is 2.14. The van der Waals surface area contributed by atoms with E-state index in [1.165, 1.54) is 37.7 Å². The summed E-state index contributed by atoms with van der Waals surface area (Å²) in [7, 11) is 0. The highest BCUT2D eigenvalue weighted by Crippen LogP contribution is 2.38. The van der Waals surface area contributed by atoms with Gasteiger partial charge in [0.2, 0.25) is 0 Å². The molecule has 0 aliphatic heterocycles. The van der Waals surface area contributed by atoms with Crippen molar-refractivity contribution in [1.82, 2.24) is 0 Å². The summed E-state index contributed by atoms with van der Waals surface area (Å²) in [6, 6.07) is 14.3. The first-order valence-electron chi connectivity index (χ1n) is 9.73. The van der Waals surface area contributed by atoms with Crippen molar-refractivity contribution in [3.63, 3.8) is 0 Å². The Bertz CT molecular complexity index is 946. The Labute approximate surface area is 158 Å². The molecule has 3 aromatic rings. The Kier molecular flexibility index (Phi) is 4.94. The lowest BCUT2D eigenvalue weighted by atomic mass is 9.77. The van der Waals surface area contributed by atoms with E-state index in [4.69, 9.17) is 0 Å². The van der Waals surface area contributed by atoms with Gasteiger partial charge in [-0.25, -0.2) is 13.2 Å². The number of hydrogen-bond acceptors (Lipinski definition) is 0. The van der Waals surface area contributed by atoms with Gasteiger partial charge in [-0.1, -0.05) is 43.7 Å². The standard InChI is InChI=1S/C24H23F3/c1-2-15-3-5-16(6-4-15)17-7-8-19-12-20(10-9-18(19)11-17)21-13-22(25)24(27)23(26)14-21/h7-16H,2-6H2,1H3. The van der Waals surface area contributed by atoms with Gasteiger partial charge in [-0.15, -0.1) is 0 Å². The summed E-state index contributed by atoms with van der Waals surface area (Å²) in [5.41, 5.74) is 2.40. The third-order valence-corrected chi connectivity index (χ3v) is 6.08. The molecule has 1 fully saturated rings. The first kappa shape index (κ1) is 18.1.